The number of rotatable bonds is 4. The van der Waals surface area contributed by atoms with E-state index in [2.05, 4.69) is 0 Å². The maximum absolute atomic E-state index is 11.8. The van der Waals surface area contributed by atoms with Gasteiger partial charge in [0.05, 0.1) is 27.6 Å². The maximum atomic E-state index is 11.8. The molecular weight excluding hydrogens is 230 g/mol. The van der Waals surface area contributed by atoms with Crippen LogP contribution in [-0.2, 0) is 15.5 Å². The zero-order valence-electron chi connectivity index (χ0n) is 8.50. The quantitative estimate of drug-likeness (QED) is 0.591. The van der Waals surface area contributed by atoms with Crippen LogP contribution in [0, 0.1) is 10.1 Å². The normalized spacial score (nSPS) is 21.1. The molecule has 1 aliphatic heterocycles. The van der Waals surface area contributed by atoms with Crippen LogP contribution in [0.2, 0.25) is 0 Å². The van der Waals surface area contributed by atoms with Crippen LogP contribution in [0.4, 0.5) is 5.69 Å². The second-order valence-electron chi connectivity index (χ2n) is 3.54. The number of nitro groups is 1. The molecule has 0 N–H and O–H groups in total. The number of nitro benzene ring substituents is 1. The Labute approximate surface area is 95.0 Å². The van der Waals surface area contributed by atoms with Crippen LogP contribution in [-0.4, -0.2) is 27.6 Å². The summed E-state index contributed by atoms with van der Waals surface area (Å²) >= 11 is 0. The van der Waals surface area contributed by atoms with Crippen molar-refractivity contribution in [3.05, 3.63) is 34.4 Å². The molecule has 1 aromatic rings. The molecule has 0 bridgehead atoms. The molecule has 6 heteroatoms. The third kappa shape index (κ3) is 2.45. The van der Waals surface area contributed by atoms with Crippen molar-refractivity contribution in [3.63, 3.8) is 0 Å². The summed E-state index contributed by atoms with van der Waals surface area (Å²) in [6.45, 7) is 0.738. The summed E-state index contributed by atoms with van der Waals surface area (Å²) in [5, 5.41) is 10.4. The zero-order chi connectivity index (χ0) is 11.5. The number of ether oxygens (including phenoxy) is 1. The number of benzene rings is 1. The van der Waals surface area contributed by atoms with E-state index < -0.39 is 15.7 Å². The molecule has 2 rings (SSSR count). The van der Waals surface area contributed by atoms with Gasteiger partial charge in [0.1, 0.15) is 0 Å². The van der Waals surface area contributed by atoms with Crippen molar-refractivity contribution in [1.82, 2.24) is 0 Å². The average molecular weight is 241 g/mol. The summed E-state index contributed by atoms with van der Waals surface area (Å²) in [5.41, 5.74) is 0.0145. The van der Waals surface area contributed by atoms with Crippen LogP contribution in [0.1, 0.15) is 6.42 Å². The maximum Gasteiger partial charge on any atom is 0.269 e. The Morgan fingerprint density at radius 1 is 1.44 bits per heavy atom. The lowest BCUT2D eigenvalue weighted by Gasteiger charge is -2.25. The van der Waals surface area contributed by atoms with E-state index >= 15 is 0 Å². The molecule has 2 atom stereocenters. The lowest BCUT2D eigenvalue weighted by molar-refractivity contribution is -0.384. The van der Waals surface area contributed by atoms with Crippen LogP contribution in [0.15, 0.2) is 29.2 Å². The first-order valence-electron chi connectivity index (χ1n) is 4.91. The first-order chi connectivity index (χ1) is 7.66. The highest BCUT2D eigenvalue weighted by molar-refractivity contribution is 7.85. The SMILES string of the molecule is O=[N+]([O-])c1ccc(S(=O)CC2CCO2)cc1. The Balaban J connectivity index is 2.02. The van der Waals surface area contributed by atoms with Gasteiger partial charge in [-0.25, -0.2) is 0 Å². The molecule has 0 amide bonds. The Morgan fingerprint density at radius 3 is 2.50 bits per heavy atom. The van der Waals surface area contributed by atoms with E-state index in [9.17, 15) is 14.3 Å². The molecule has 0 aliphatic carbocycles. The fraction of sp³-hybridized carbons (Fsp3) is 0.400. The molecule has 1 aromatic carbocycles. The van der Waals surface area contributed by atoms with Crippen LogP contribution < -0.4 is 0 Å². The van der Waals surface area contributed by atoms with Gasteiger partial charge in [-0.2, -0.15) is 0 Å². The minimum atomic E-state index is -1.13. The van der Waals surface area contributed by atoms with Crippen LogP contribution in [0.25, 0.3) is 0 Å². The second kappa shape index (κ2) is 4.71. The van der Waals surface area contributed by atoms with Gasteiger partial charge >= 0.3 is 0 Å². The van der Waals surface area contributed by atoms with Crippen LogP contribution in [0.5, 0.6) is 0 Å². The number of non-ortho nitro benzene ring substituents is 1. The Bertz CT molecular complexity index is 413. The molecule has 86 valence electrons. The Kier molecular flexibility index (Phi) is 3.31. The van der Waals surface area contributed by atoms with Crippen molar-refractivity contribution in [3.8, 4) is 0 Å². The van der Waals surface area contributed by atoms with Crippen LogP contribution in [0.3, 0.4) is 0 Å². The second-order valence-corrected chi connectivity index (χ2v) is 5.04. The van der Waals surface area contributed by atoms with Crippen molar-refractivity contribution in [2.45, 2.75) is 17.4 Å². The summed E-state index contributed by atoms with van der Waals surface area (Å²) in [4.78, 5) is 10.6. The van der Waals surface area contributed by atoms with E-state index in [0.29, 0.717) is 10.6 Å². The fourth-order valence-corrected chi connectivity index (χ4v) is 2.63. The van der Waals surface area contributed by atoms with E-state index in [-0.39, 0.29) is 11.8 Å². The molecule has 5 nitrogen and oxygen atoms in total. The molecule has 16 heavy (non-hydrogen) atoms. The van der Waals surface area contributed by atoms with E-state index in [4.69, 9.17) is 4.74 Å². The lowest BCUT2D eigenvalue weighted by Crippen LogP contribution is -2.32. The number of hydrogen-bond acceptors (Lipinski definition) is 4. The molecule has 0 radical (unpaired) electrons. The summed E-state index contributed by atoms with van der Waals surface area (Å²) in [6.07, 6.45) is 1.02. The van der Waals surface area contributed by atoms with Gasteiger partial charge in [0.2, 0.25) is 0 Å². The largest absolute Gasteiger partial charge is 0.377 e. The van der Waals surface area contributed by atoms with Crippen molar-refractivity contribution in [2.24, 2.45) is 0 Å². The first-order valence-corrected chi connectivity index (χ1v) is 6.23. The molecular formula is C10H11NO4S. The standard InChI is InChI=1S/C10H11NO4S/c12-11(13)8-1-3-10(4-2-8)16(14)7-9-5-6-15-9/h1-4,9H,5-7H2. The van der Waals surface area contributed by atoms with E-state index in [1.807, 2.05) is 0 Å². The van der Waals surface area contributed by atoms with Gasteiger partial charge in [0.25, 0.3) is 5.69 Å². The third-order valence-electron chi connectivity index (χ3n) is 2.44. The minimum Gasteiger partial charge on any atom is -0.377 e. The van der Waals surface area contributed by atoms with Gasteiger partial charge in [-0.3, -0.25) is 14.3 Å². The molecule has 1 heterocycles. The zero-order valence-corrected chi connectivity index (χ0v) is 9.31. The monoisotopic (exact) mass is 241 g/mol. The van der Waals surface area contributed by atoms with Gasteiger partial charge in [0.15, 0.2) is 0 Å². The molecule has 0 saturated carbocycles. The van der Waals surface area contributed by atoms with Crippen molar-refractivity contribution in [1.29, 1.82) is 0 Å². The highest BCUT2D eigenvalue weighted by atomic mass is 32.2. The Hall–Kier alpha value is -1.27. The van der Waals surface area contributed by atoms with Crippen molar-refractivity contribution in [2.75, 3.05) is 12.4 Å². The van der Waals surface area contributed by atoms with Gasteiger partial charge < -0.3 is 4.74 Å². The van der Waals surface area contributed by atoms with Crippen molar-refractivity contribution < 1.29 is 13.9 Å². The smallest absolute Gasteiger partial charge is 0.269 e. The average Bonchev–Trinajstić information content (AvgIpc) is 2.23. The minimum absolute atomic E-state index is 0.0145. The fourth-order valence-electron chi connectivity index (χ4n) is 1.40. The van der Waals surface area contributed by atoms with Gasteiger partial charge in [-0.05, 0) is 18.6 Å². The lowest BCUT2D eigenvalue weighted by atomic mass is 10.2. The molecule has 1 saturated heterocycles. The highest BCUT2D eigenvalue weighted by Gasteiger charge is 2.21. The third-order valence-corrected chi connectivity index (χ3v) is 3.91. The van der Waals surface area contributed by atoms with E-state index in [0.717, 1.165) is 13.0 Å². The Morgan fingerprint density at radius 2 is 2.06 bits per heavy atom. The highest BCUT2D eigenvalue weighted by Crippen LogP contribution is 2.18. The van der Waals surface area contributed by atoms with Gasteiger partial charge in [0, 0.05) is 23.6 Å². The summed E-state index contributed by atoms with van der Waals surface area (Å²) in [5.74, 6) is 0.470. The number of nitrogens with zero attached hydrogens (tertiary/aromatic N) is 1. The topological polar surface area (TPSA) is 69.4 Å². The summed E-state index contributed by atoms with van der Waals surface area (Å²) in [6, 6.07) is 5.81. The molecule has 0 aromatic heterocycles. The molecule has 1 fully saturated rings. The molecule has 0 spiro atoms. The van der Waals surface area contributed by atoms with E-state index in [1.165, 1.54) is 24.3 Å². The summed E-state index contributed by atoms with van der Waals surface area (Å²) in [7, 11) is -1.13. The van der Waals surface area contributed by atoms with Gasteiger partial charge in [-0.15, -0.1) is 0 Å². The van der Waals surface area contributed by atoms with Gasteiger partial charge in [-0.1, -0.05) is 0 Å². The number of hydrogen-bond donors (Lipinski definition) is 0. The van der Waals surface area contributed by atoms with Crippen molar-refractivity contribution >= 4 is 16.5 Å². The van der Waals surface area contributed by atoms with Crippen LogP contribution >= 0.6 is 0 Å². The predicted molar refractivity (Wildman–Crippen MR) is 58.7 cm³/mol. The molecule has 1 aliphatic rings. The molecule has 2 unspecified atom stereocenters. The summed E-state index contributed by atoms with van der Waals surface area (Å²) < 4.78 is 17.0. The van der Waals surface area contributed by atoms with E-state index in [1.54, 1.807) is 0 Å². The predicted octanol–water partition coefficient (Wildman–Crippen LogP) is 1.49. The first kappa shape index (κ1) is 11.2.